The number of hydrogen-bond donors (Lipinski definition) is 4. The van der Waals surface area contributed by atoms with Gasteiger partial charge >= 0.3 is 6.18 Å². The first-order valence-electron chi connectivity index (χ1n) is 13.9. The normalized spacial score (nSPS) is 21.9. The number of carbonyl (C=O) groups excluding carboxylic acids is 2. The van der Waals surface area contributed by atoms with Crippen molar-refractivity contribution < 1.29 is 32.6 Å². The average molecular weight is 574 g/mol. The van der Waals surface area contributed by atoms with Gasteiger partial charge in [-0.2, -0.15) is 13.2 Å². The minimum Gasteiger partial charge on any atom is -0.493 e. The smallest absolute Gasteiger partial charge is 0.416 e. The molecule has 2 amide bonds. The molecule has 2 heterocycles. The van der Waals surface area contributed by atoms with Gasteiger partial charge < -0.3 is 25.5 Å². The molecule has 5 rings (SSSR count). The van der Waals surface area contributed by atoms with Crippen LogP contribution in [-0.4, -0.2) is 56.7 Å². The number of halogens is 3. The predicted molar refractivity (Wildman–Crippen MR) is 145 cm³/mol. The molecule has 1 aromatic carbocycles. The Morgan fingerprint density at radius 2 is 1.93 bits per heavy atom. The van der Waals surface area contributed by atoms with Crippen LogP contribution in [0, 0.1) is 18.8 Å². The molecule has 220 valence electrons. The largest absolute Gasteiger partial charge is 0.493 e. The van der Waals surface area contributed by atoms with E-state index in [9.17, 15) is 27.9 Å². The van der Waals surface area contributed by atoms with E-state index < -0.39 is 23.8 Å². The zero-order chi connectivity index (χ0) is 29.5. The third-order valence-corrected chi connectivity index (χ3v) is 7.94. The van der Waals surface area contributed by atoms with Crippen molar-refractivity contribution in [3.8, 4) is 17.0 Å². The number of aromatic amines is 1. The maximum absolute atomic E-state index is 13.6. The van der Waals surface area contributed by atoms with Crippen molar-refractivity contribution in [2.75, 3.05) is 6.61 Å². The maximum Gasteiger partial charge on any atom is 0.416 e. The molecule has 2 fully saturated rings. The number of fused-ring (bicyclic) bond motifs is 1. The first-order chi connectivity index (χ1) is 19.4. The van der Waals surface area contributed by atoms with Crippen LogP contribution in [0.3, 0.4) is 0 Å². The Kier molecular flexibility index (Phi) is 7.95. The number of nitrogens with zero attached hydrogens (tertiary/aromatic N) is 2. The predicted octanol–water partition coefficient (Wildman–Crippen LogP) is 4.52. The van der Waals surface area contributed by atoms with Gasteiger partial charge in [-0.25, -0.2) is 9.97 Å². The number of alkyl halides is 3. The molecule has 4 atom stereocenters. The van der Waals surface area contributed by atoms with Crippen LogP contribution in [0.2, 0.25) is 0 Å². The van der Waals surface area contributed by atoms with Gasteiger partial charge in [0.05, 0.1) is 23.3 Å². The fourth-order valence-corrected chi connectivity index (χ4v) is 5.42. The van der Waals surface area contributed by atoms with Gasteiger partial charge in [0.15, 0.2) is 0 Å². The van der Waals surface area contributed by atoms with Crippen LogP contribution in [0.5, 0.6) is 5.75 Å². The molecule has 12 heteroatoms. The number of aliphatic hydroxyl groups excluding tert-OH is 1. The van der Waals surface area contributed by atoms with Crippen LogP contribution in [-0.2, 0) is 11.0 Å². The van der Waals surface area contributed by atoms with E-state index in [1.54, 1.807) is 6.92 Å². The van der Waals surface area contributed by atoms with Gasteiger partial charge in [0, 0.05) is 23.3 Å². The van der Waals surface area contributed by atoms with Gasteiger partial charge in [0.1, 0.15) is 29.4 Å². The maximum atomic E-state index is 13.6. The van der Waals surface area contributed by atoms with E-state index in [2.05, 4.69) is 25.6 Å². The molecule has 9 nitrogen and oxygen atoms in total. The summed E-state index contributed by atoms with van der Waals surface area (Å²) in [4.78, 5) is 37.2. The first kappa shape index (κ1) is 28.8. The van der Waals surface area contributed by atoms with Crippen LogP contribution in [0.25, 0.3) is 22.3 Å². The number of ether oxygens (including phenoxy) is 1. The summed E-state index contributed by atoms with van der Waals surface area (Å²) in [6.45, 7) is 5.53. The fraction of sp³-hybridized carbons (Fsp3) is 0.517. The van der Waals surface area contributed by atoms with E-state index in [0.717, 1.165) is 25.0 Å². The second-order valence-electron chi connectivity index (χ2n) is 11.3. The minimum absolute atomic E-state index is 0.0546. The highest BCUT2D eigenvalue weighted by molar-refractivity contribution is 6.09. The Balaban J connectivity index is 1.41. The molecule has 0 aliphatic heterocycles. The summed E-state index contributed by atoms with van der Waals surface area (Å²) in [6.07, 6.45) is -0.431. The highest BCUT2D eigenvalue weighted by Gasteiger charge is 2.34. The van der Waals surface area contributed by atoms with Gasteiger partial charge in [-0.3, -0.25) is 9.59 Å². The number of rotatable bonds is 8. The van der Waals surface area contributed by atoms with Crippen molar-refractivity contribution in [3.63, 3.8) is 0 Å². The van der Waals surface area contributed by atoms with Crippen LogP contribution >= 0.6 is 0 Å². The quantitative estimate of drug-likeness (QED) is 0.314. The van der Waals surface area contributed by atoms with E-state index in [4.69, 9.17) is 4.74 Å². The second kappa shape index (κ2) is 11.3. The van der Waals surface area contributed by atoms with Gasteiger partial charge in [0.25, 0.3) is 5.91 Å². The molecular weight excluding hydrogens is 539 g/mol. The first-order valence-corrected chi connectivity index (χ1v) is 13.9. The lowest BCUT2D eigenvalue weighted by Crippen LogP contribution is -2.49. The third-order valence-electron chi connectivity index (χ3n) is 7.94. The van der Waals surface area contributed by atoms with E-state index in [1.165, 1.54) is 19.3 Å². The van der Waals surface area contributed by atoms with Gasteiger partial charge in [-0.1, -0.05) is 6.92 Å². The van der Waals surface area contributed by atoms with Gasteiger partial charge in [-0.15, -0.1) is 0 Å². The van der Waals surface area contributed by atoms with Crippen LogP contribution in [0.1, 0.15) is 67.6 Å². The molecule has 0 radical (unpaired) electrons. The molecular formula is C29H34F3N5O4. The number of nitrogens with one attached hydrogen (secondary N) is 3. The van der Waals surface area contributed by atoms with E-state index in [-0.39, 0.29) is 40.9 Å². The van der Waals surface area contributed by atoms with Crippen molar-refractivity contribution in [2.45, 2.75) is 77.2 Å². The number of carbonyl (C=O) groups is 2. The Morgan fingerprint density at radius 3 is 2.59 bits per heavy atom. The molecule has 0 unspecified atom stereocenters. The summed E-state index contributed by atoms with van der Waals surface area (Å²) < 4.78 is 46.8. The zero-order valence-electron chi connectivity index (χ0n) is 23.1. The highest BCUT2D eigenvalue weighted by Crippen LogP contribution is 2.40. The summed E-state index contributed by atoms with van der Waals surface area (Å²) in [6, 6.07) is 3.09. The Bertz CT molecular complexity index is 1450. The van der Waals surface area contributed by atoms with Crippen molar-refractivity contribution in [3.05, 3.63) is 41.3 Å². The van der Waals surface area contributed by atoms with Crippen molar-refractivity contribution in [1.29, 1.82) is 0 Å². The van der Waals surface area contributed by atoms with Crippen molar-refractivity contribution >= 4 is 22.8 Å². The minimum atomic E-state index is -4.55. The lowest BCUT2D eigenvalue weighted by molar-refractivity contribution is -0.137. The molecule has 0 bridgehead atoms. The number of aliphatic hydroxyl groups is 1. The van der Waals surface area contributed by atoms with Gasteiger partial charge in [-0.05, 0) is 76.0 Å². The van der Waals surface area contributed by atoms with E-state index >= 15 is 0 Å². The molecule has 2 aliphatic rings. The van der Waals surface area contributed by atoms with Crippen LogP contribution in [0.4, 0.5) is 13.2 Å². The number of aryl methyl sites for hydroxylation is 1. The number of hydrogen-bond acceptors (Lipinski definition) is 6. The van der Waals surface area contributed by atoms with Crippen molar-refractivity contribution in [2.24, 2.45) is 11.8 Å². The molecule has 0 saturated heterocycles. The molecule has 3 aromatic rings. The fourth-order valence-electron chi connectivity index (χ4n) is 5.42. The molecule has 41 heavy (non-hydrogen) atoms. The van der Waals surface area contributed by atoms with Crippen molar-refractivity contribution in [1.82, 2.24) is 25.6 Å². The number of benzene rings is 1. The molecule has 2 aliphatic carbocycles. The third kappa shape index (κ3) is 6.32. The Morgan fingerprint density at radius 1 is 1.17 bits per heavy atom. The standard InChI is InChI=1S/C29H34F3N5O4/c1-14-10-19(36-27(39)16(3)38)7-8-21(14)37-28(40)23-15(2)35-26-24(33-13-34-25(23)26)20-11-18(29(30,31)32)6-9-22(20)41-12-17-4-5-17/h6,9,11,13-14,16-17,19,21,35,38H,4-5,7-8,10,12H2,1-3H3,(H,36,39)(H,37,40)/t14-,16+,19-,21-/m1/s1. The van der Waals surface area contributed by atoms with Crippen LogP contribution < -0.4 is 15.4 Å². The SMILES string of the molecule is Cc1[nH]c2c(-c3cc(C(F)(F)F)ccc3OCC3CC3)ncnc2c1C(=O)N[C@@H]1CC[C@@H](NC(=O)[C@H](C)O)C[C@H]1C. The topological polar surface area (TPSA) is 129 Å². The molecule has 4 N–H and O–H groups in total. The Labute approximate surface area is 235 Å². The summed E-state index contributed by atoms with van der Waals surface area (Å²) in [5, 5.41) is 15.4. The van der Waals surface area contributed by atoms with Gasteiger partial charge in [0.2, 0.25) is 5.91 Å². The van der Waals surface area contributed by atoms with E-state index in [0.29, 0.717) is 54.1 Å². The highest BCUT2D eigenvalue weighted by atomic mass is 19.4. The average Bonchev–Trinajstić information content (AvgIpc) is 3.67. The lowest BCUT2D eigenvalue weighted by atomic mass is 9.82. The molecule has 2 aromatic heterocycles. The zero-order valence-corrected chi connectivity index (χ0v) is 23.1. The number of H-pyrrole nitrogens is 1. The summed E-state index contributed by atoms with van der Waals surface area (Å²) in [5.74, 6) is -0.0339. The Hall–Kier alpha value is -3.67. The van der Waals surface area contributed by atoms with Crippen LogP contribution in [0.15, 0.2) is 24.5 Å². The monoisotopic (exact) mass is 573 g/mol. The van der Waals surface area contributed by atoms with E-state index in [1.807, 2.05) is 6.92 Å². The number of aromatic nitrogens is 3. The summed E-state index contributed by atoms with van der Waals surface area (Å²) >= 11 is 0. The summed E-state index contributed by atoms with van der Waals surface area (Å²) in [7, 11) is 0. The molecule has 2 saturated carbocycles. The summed E-state index contributed by atoms with van der Waals surface area (Å²) in [5.41, 5.74) is 1.03. The lowest BCUT2D eigenvalue weighted by Gasteiger charge is -2.35. The molecule has 0 spiro atoms. The number of amides is 2. The second-order valence-corrected chi connectivity index (χ2v) is 11.3.